The van der Waals surface area contributed by atoms with Crippen LogP contribution in [-0.4, -0.2) is 9.97 Å². The molecule has 14 heavy (non-hydrogen) atoms. The molecule has 2 rings (SSSR count). The van der Waals surface area contributed by atoms with E-state index in [0.717, 1.165) is 0 Å². The lowest BCUT2D eigenvalue weighted by Crippen LogP contribution is -1.90. The van der Waals surface area contributed by atoms with Crippen LogP contribution in [0, 0.1) is 5.82 Å². The van der Waals surface area contributed by atoms with E-state index in [1.165, 1.54) is 12.1 Å². The van der Waals surface area contributed by atoms with Gasteiger partial charge in [-0.3, -0.25) is 0 Å². The van der Waals surface area contributed by atoms with Gasteiger partial charge in [0.05, 0.1) is 5.02 Å². The Labute approximate surface area is 93.6 Å². The zero-order chi connectivity index (χ0) is 10.3. The minimum Gasteiger partial charge on any atom is -0.229 e. The van der Waals surface area contributed by atoms with Gasteiger partial charge in [-0.05, 0) is 12.1 Å². The van der Waals surface area contributed by atoms with Gasteiger partial charge < -0.3 is 0 Å². The summed E-state index contributed by atoms with van der Waals surface area (Å²) < 4.78 is 13.2. The number of halogens is 4. The van der Waals surface area contributed by atoms with Crippen LogP contribution in [0.15, 0.2) is 12.1 Å². The minimum absolute atomic E-state index is 0.00617. The van der Waals surface area contributed by atoms with E-state index < -0.39 is 5.82 Å². The van der Waals surface area contributed by atoms with Crippen molar-refractivity contribution in [2.75, 3.05) is 0 Å². The van der Waals surface area contributed by atoms with Gasteiger partial charge in [0.15, 0.2) is 16.1 Å². The van der Waals surface area contributed by atoms with Gasteiger partial charge in [0.25, 0.3) is 0 Å². The van der Waals surface area contributed by atoms with Gasteiger partial charge >= 0.3 is 0 Å². The van der Waals surface area contributed by atoms with E-state index >= 15 is 0 Å². The molecule has 0 radical (unpaired) electrons. The normalized spacial score (nSPS) is 10.9. The molecule has 0 spiro atoms. The number of benzene rings is 1. The number of rotatable bonds is 0. The standard InChI is InChI=1S/C8H2Cl3FN2/c9-3-1-2-4(12)6-5(3)13-7(10)8(11)14-6/h1-2H. The molecule has 1 heterocycles. The highest BCUT2D eigenvalue weighted by Crippen LogP contribution is 2.27. The maximum absolute atomic E-state index is 13.2. The Morgan fingerprint density at radius 2 is 1.50 bits per heavy atom. The van der Waals surface area contributed by atoms with Crippen molar-refractivity contribution >= 4 is 45.8 Å². The first-order valence-electron chi connectivity index (χ1n) is 3.56. The Hall–Kier alpha value is -0.640. The summed E-state index contributed by atoms with van der Waals surface area (Å²) in [6.45, 7) is 0. The van der Waals surface area contributed by atoms with Gasteiger partial charge in [0.1, 0.15) is 11.0 Å². The predicted molar refractivity (Wildman–Crippen MR) is 54.5 cm³/mol. The van der Waals surface area contributed by atoms with Crippen LogP contribution in [0.4, 0.5) is 4.39 Å². The lowest BCUT2D eigenvalue weighted by Gasteiger charge is -2.01. The largest absolute Gasteiger partial charge is 0.229 e. The molecule has 0 aliphatic heterocycles. The van der Waals surface area contributed by atoms with Crippen molar-refractivity contribution in [3.05, 3.63) is 33.3 Å². The van der Waals surface area contributed by atoms with Crippen molar-refractivity contribution in [2.45, 2.75) is 0 Å². The van der Waals surface area contributed by atoms with E-state index in [1.807, 2.05) is 0 Å². The van der Waals surface area contributed by atoms with Gasteiger partial charge in [0.2, 0.25) is 0 Å². The minimum atomic E-state index is -0.532. The number of hydrogen-bond donors (Lipinski definition) is 0. The summed E-state index contributed by atoms with van der Waals surface area (Å²) in [6.07, 6.45) is 0. The molecular formula is C8H2Cl3FN2. The Balaban J connectivity index is 2.94. The summed E-state index contributed by atoms with van der Waals surface area (Å²) in [5, 5.41) is 0.250. The average Bonchev–Trinajstić information content (AvgIpc) is 2.15. The third-order valence-electron chi connectivity index (χ3n) is 1.64. The second-order valence-electron chi connectivity index (χ2n) is 2.53. The average molecular weight is 251 g/mol. The highest BCUT2D eigenvalue weighted by atomic mass is 35.5. The Kier molecular flexibility index (Phi) is 2.47. The molecule has 0 aliphatic carbocycles. The van der Waals surface area contributed by atoms with Crippen molar-refractivity contribution in [1.82, 2.24) is 9.97 Å². The molecule has 72 valence electrons. The summed E-state index contributed by atoms with van der Waals surface area (Å²) in [5.41, 5.74) is 0.230. The van der Waals surface area contributed by atoms with E-state index in [2.05, 4.69) is 9.97 Å². The first-order valence-corrected chi connectivity index (χ1v) is 4.69. The molecule has 0 unspecified atom stereocenters. The summed E-state index contributed by atoms with van der Waals surface area (Å²) in [7, 11) is 0. The van der Waals surface area contributed by atoms with Crippen LogP contribution in [0.2, 0.25) is 15.3 Å². The van der Waals surface area contributed by atoms with Crippen molar-refractivity contribution in [1.29, 1.82) is 0 Å². The molecule has 0 amide bonds. The summed E-state index contributed by atoms with van der Waals surface area (Å²) >= 11 is 17.0. The topological polar surface area (TPSA) is 25.8 Å². The molecule has 0 saturated carbocycles. The quantitative estimate of drug-likeness (QED) is 0.713. The third-order valence-corrected chi connectivity index (χ3v) is 2.57. The number of fused-ring (bicyclic) bond motifs is 1. The SMILES string of the molecule is Fc1ccc(Cl)c2nc(Cl)c(Cl)nc12. The highest BCUT2D eigenvalue weighted by molar-refractivity contribution is 6.41. The van der Waals surface area contributed by atoms with E-state index in [1.54, 1.807) is 0 Å². The predicted octanol–water partition coefficient (Wildman–Crippen LogP) is 3.73. The van der Waals surface area contributed by atoms with E-state index in [9.17, 15) is 4.39 Å². The number of hydrogen-bond acceptors (Lipinski definition) is 2. The molecule has 0 saturated heterocycles. The zero-order valence-corrected chi connectivity index (χ0v) is 8.83. The van der Waals surface area contributed by atoms with Gasteiger partial charge in [-0.15, -0.1) is 0 Å². The number of nitrogens with zero attached hydrogens (tertiary/aromatic N) is 2. The fraction of sp³-hybridized carbons (Fsp3) is 0. The molecule has 2 aromatic rings. The highest BCUT2D eigenvalue weighted by Gasteiger charge is 2.11. The maximum Gasteiger partial charge on any atom is 0.167 e. The zero-order valence-electron chi connectivity index (χ0n) is 6.56. The summed E-state index contributed by atoms with van der Waals surface area (Å²) in [4.78, 5) is 7.58. The lowest BCUT2D eigenvalue weighted by molar-refractivity contribution is 0.636. The van der Waals surface area contributed by atoms with Crippen LogP contribution < -0.4 is 0 Å². The monoisotopic (exact) mass is 250 g/mol. The van der Waals surface area contributed by atoms with Gasteiger partial charge in [-0.2, -0.15) is 0 Å². The molecule has 0 N–H and O–H groups in total. The first kappa shape index (κ1) is 9.90. The van der Waals surface area contributed by atoms with E-state index in [-0.39, 0.29) is 26.4 Å². The summed E-state index contributed by atoms with van der Waals surface area (Å²) in [5.74, 6) is -0.532. The van der Waals surface area contributed by atoms with Crippen LogP contribution >= 0.6 is 34.8 Å². The fourth-order valence-electron chi connectivity index (χ4n) is 1.03. The van der Waals surface area contributed by atoms with Crippen LogP contribution in [0.5, 0.6) is 0 Å². The molecule has 6 heteroatoms. The smallest absolute Gasteiger partial charge is 0.167 e. The van der Waals surface area contributed by atoms with Crippen LogP contribution in [0.3, 0.4) is 0 Å². The van der Waals surface area contributed by atoms with Crippen LogP contribution in [0.1, 0.15) is 0 Å². The second-order valence-corrected chi connectivity index (χ2v) is 3.65. The maximum atomic E-state index is 13.2. The Morgan fingerprint density at radius 1 is 0.929 bits per heavy atom. The lowest BCUT2D eigenvalue weighted by atomic mass is 10.3. The second kappa shape index (κ2) is 3.50. The number of aromatic nitrogens is 2. The summed E-state index contributed by atoms with van der Waals surface area (Å²) in [6, 6.07) is 2.59. The van der Waals surface area contributed by atoms with Gasteiger partial charge in [-0.25, -0.2) is 14.4 Å². The molecule has 1 aromatic heterocycles. The van der Waals surface area contributed by atoms with Crippen LogP contribution in [0.25, 0.3) is 11.0 Å². The molecule has 0 atom stereocenters. The molecule has 0 aliphatic rings. The fourth-order valence-corrected chi connectivity index (χ4v) is 1.48. The van der Waals surface area contributed by atoms with Crippen molar-refractivity contribution < 1.29 is 4.39 Å². The third kappa shape index (κ3) is 1.52. The van der Waals surface area contributed by atoms with Crippen LogP contribution in [-0.2, 0) is 0 Å². The van der Waals surface area contributed by atoms with E-state index in [4.69, 9.17) is 34.8 Å². The molecule has 1 aromatic carbocycles. The Bertz CT molecular complexity index is 469. The van der Waals surface area contributed by atoms with E-state index in [0.29, 0.717) is 0 Å². The van der Waals surface area contributed by atoms with Crippen molar-refractivity contribution in [3.8, 4) is 0 Å². The molecular weight excluding hydrogens is 249 g/mol. The first-order chi connectivity index (χ1) is 6.59. The van der Waals surface area contributed by atoms with Gasteiger partial charge in [0, 0.05) is 0 Å². The van der Waals surface area contributed by atoms with Gasteiger partial charge in [-0.1, -0.05) is 34.8 Å². The molecule has 0 fully saturated rings. The molecule has 2 nitrogen and oxygen atoms in total. The molecule has 0 bridgehead atoms. The van der Waals surface area contributed by atoms with Crippen molar-refractivity contribution in [3.63, 3.8) is 0 Å². The van der Waals surface area contributed by atoms with Crippen molar-refractivity contribution in [2.24, 2.45) is 0 Å². The Morgan fingerprint density at radius 3 is 2.14 bits per heavy atom.